The van der Waals surface area contributed by atoms with Crippen molar-refractivity contribution in [2.24, 2.45) is 0 Å². The maximum atomic E-state index is 12.5. The van der Waals surface area contributed by atoms with Crippen LogP contribution >= 0.6 is 0 Å². The molecule has 3 fully saturated rings. The van der Waals surface area contributed by atoms with Crippen LogP contribution in [0.3, 0.4) is 0 Å². The number of hydrogen-bond donors (Lipinski definition) is 2. The van der Waals surface area contributed by atoms with Crippen LogP contribution in [-0.2, 0) is 20.9 Å². The molecule has 1 atom stereocenters. The second-order valence-electron chi connectivity index (χ2n) is 8.28. The molecule has 29 heavy (non-hydrogen) atoms. The van der Waals surface area contributed by atoms with E-state index in [0.717, 1.165) is 43.6 Å². The molecule has 2 heterocycles. The molecule has 1 aromatic rings. The van der Waals surface area contributed by atoms with E-state index in [1.54, 1.807) is 0 Å². The zero-order chi connectivity index (χ0) is 20.2. The lowest BCUT2D eigenvalue weighted by Crippen LogP contribution is -2.59. The van der Waals surface area contributed by atoms with Crippen LogP contribution < -0.4 is 15.5 Å². The van der Waals surface area contributed by atoms with Crippen molar-refractivity contribution in [1.82, 2.24) is 15.5 Å². The molecule has 2 aliphatic heterocycles. The lowest BCUT2D eigenvalue weighted by Gasteiger charge is -2.38. The van der Waals surface area contributed by atoms with Crippen molar-refractivity contribution >= 4 is 23.4 Å². The molecule has 2 N–H and O–H groups in total. The molecule has 3 amide bonds. The zero-order valence-corrected chi connectivity index (χ0v) is 16.9. The summed E-state index contributed by atoms with van der Waals surface area (Å²) in [7, 11) is 0. The second kappa shape index (κ2) is 8.95. The molecule has 0 aromatic heterocycles. The minimum Gasteiger partial charge on any atom is -0.353 e. The third kappa shape index (κ3) is 4.61. The van der Waals surface area contributed by atoms with Gasteiger partial charge in [-0.25, -0.2) is 0 Å². The summed E-state index contributed by atoms with van der Waals surface area (Å²) in [6.07, 6.45) is 6.38. The highest BCUT2D eigenvalue weighted by molar-refractivity contribution is 5.95. The van der Waals surface area contributed by atoms with Crippen molar-refractivity contribution in [2.45, 2.75) is 63.6 Å². The van der Waals surface area contributed by atoms with E-state index in [4.69, 9.17) is 0 Å². The summed E-state index contributed by atoms with van der Waals surface area (Å²) in [4.78, 5) is 40.8. The van der Waals surface area contributed by atoms with Gasteiger partial charge in [0.05, 0.1) is 12.5 Å². The van der Waals surface area contributed by atoms with Gasteiger partial charge in [-0.05, 0) is 37.0 Å². The highest BCUT2D eigenvalue weighted by Gasteiger charge is 2.36. The fourth-order valence-corrected chi connectivity index (χ4v) is 4.78. The lowest BCUT2D eigenvalue weighted by atomic mass is 10.0. The van der Waals surface area contributed by atoms with Crippen molar-refractivity contribution in [2.75, 3.05) is 24.5 Å². The first-order valence-corrected chi connectivity index (χ1v) is 10.8. The molecular formula is C22H30N4O3. The first-order chi connectivity index (χ1) is 14.1. The quantitative estimate of drug-likeness (QED) is 0.762. The summed E-state index contributed by atoms with van der Waals surface area (Å²) in [6.45, 7) is 2.69. The molecule has 0 radical (unpaired) electrons. The van der Waals surface area contributed by atoms with Gasteiger partial charge in [0.25, 0.3) is 0 Å². The van der Waals surface area contributed by atoms with Gasteiger partial charge in [-0.15, -0.1) is 0 Å². The summed E-state index contributed by atoms with van der Waals surface area (Å²) in [5.41, 5.74) is 1.89. The third-order valence-electron chi connectivity index (χ3n) is 6.36. The van der Waals surface area contributed by atoms with E-state index in [1.807, 2.05) is 29.2 Å². The first-order valence-electron chi connectivity index (χ1n) is 10.8. The molecule has 0 bridgehead atoms. The SMILES string of the molecule is O=C(C[C@H]1C(=O)NCCN1C1CCCC1)NCc1ccc(N2CCCC2=O)cc1. The molecule has 2 saturated heterocycles. The molecule has 1 aliphatic carbocycles. The van der Waals surface area contributed by atoms with Crippen LogP contribution in [0, 0.1) is 0 Å². The number of anilines is 1. The Labute approximate surface area is 171 Å². The molecule has 1 aromatic carbocycles. The van der Waals surface area contributed by atoms with Gasteiger partial charge in [-0.2, -0.15) is 0 Å². The average Bonchev–Trinajstić information content (AvgIpc) is 3.40. The van der Waals surface area contributed by atoms with E-state index in [0.29, 0.717) is 25.6 Å². The smallest absolute Gasteiger partial charge is 0.237 e. The van der Waals surface area contributed by atoms with Crippen molar-refractivity contribution < 1.29 is 14.4 Å². The zero-order valence-electron chi connectivity index (χ0n) is 16.9. The second-order valence-corrected chi connectivity index (χ2v) is 8.28. The standard InChI is InChI=1S/C22H30N4O3/c27-20(14-19-22(29)23-11-13-25(19)17-4-1-2-5-17)24-15-16-7-9-18(10-8-16)26-12-3-6-21(26)28/h7-10,17,19H,1-6,11-15H2,(H,23,29)(H,24,27)/t19-/m0/s1. The van der Waals surface area contributed by atoms with E-state index in [1.165, 1.54) is 12.8 Å². The normalized spacial score (nSPS) is 23.4. The first kappa shape index (κ1) is 19.9. The number of hydrogen-bond acceptors (Lipinski definition) is 4. The van der Waals surface area contributed by atoms with Crippen LogP contribution in [0.25, 0.3) is 0 Å². The molecule has 7 heteroatoms. The summed E-state index contributed by atoms with van der Waals surface area (Å²) in [5.74, 6) is 0.0374. The van der Waals surface area contributed by atoms with Gasteiger partial charge >= 0.3 is 0 Å². The van der Waals surface area contributed by atoms with Gasteiger partial charge in [0, 0.05) is 44.3 Å². The number of rotatable bonds is 6. The number of benzene rings is 1. The summed E-state index contributed by atoms with van der Waals surface area (Å²) in [5, 5.41) is 5.86. The minimum atomic E-state index is -0.365. The summed E-state index contributed by atoms with van der Waals surface area (Å²) < 4.78 is 0. The van der Waals surface area contributed by atoms with Crippen LogP contribution in [0.15, 0.2) is 24.3 Å². The van der Waals surface area contributed by atoms with Crippen LogP contribution in [0.4, 0.5) is 5.69 Å². The Kier molecular flexibility index (Phi) is 6.13. The number of piperazine rings is 1. The van der Waals surface area contributed by atoms with Gasteiger partial charge in [-0.3, -0.25) is 19.3 Å². The maximum Gasteiger partial charge on any atom is 0.237 e. The van der Waals surface area contributed by atoms with E-state index >= 15 is 0 Å². The van der Waals surface area contributed by atoms with Crippen molar-refractivity contribution in [3.63, 3.8) is 0 Å². The Bertz CT molecular complexity index is 758. The van der Waals surface area contributed by atoms with Gasteiger partial charge in [-0.1, -0.05) is 25.0 Å². The van der Waals surface area contributed by atoms with Gasteiger partial charge < -0.3 is 15.5 Å². The van der Waals surface area contributed by atoms with E-state index < -0.39 is 0 Å². The monoisotopic (exact) mass is 398 g/mol. The molecule has 4 rings (SSSR count). The Balaban J connectivity index is 1.30. The fraction of sp³-hybridized carbons (Fsp3) is 0.591. The molecule has 156 valence electrons. The van der Waals surface area contributed by atoms with Crippen LogP contribution in [0.2, 0.25) is 0 Å². The van der Waals surface area contributed by atoms with Gasteiger partial charge in [0.1, 0.15) is 0 Å². The van der Waals surface area contributed by atoms with E-state index in [2.05, 4.69) is 15.5 Å². The van der Waals surface area contributed by atoms with Gasteiger partial charge in [0.15, 0.2) is 0 Å². The number of amides is 3. The summed E-state index contributed by atoms with van der Waals surface area (Å²) in [6, 6.07) is 7.82. The lowest BCUT2D eigenvalue weighted by molar-refractivity contribution is -0.135. The maximum absolute atomic E-state index is 12.5. The number of carbonyl (C=O) groups excluding carboxylic acids is 3. The van der Waals surface area contributed by atoms with Crippen molar-refractivity contribution in [3.8, 4) is 0 Å². The Morgan fingerprint density at radius 3 is 2.52 bits per heavy atom. The van der Waals surface area contributed by atoms with Crippen molar-refractivity contribution in [3.05, 3.63) is 29.8 Å². The molecule has 0 unspecified atom stereocenters. The van der Waals surface area contributed by atoms with E-state index in [-0.39, 0.29) is 30.2 Å². The van der Waals surface area contributed by atoms with Gasteiger partial charge in [0.2, 0.25) is 17.7 Å². The Morgan fingerprint density at radius 1 is 1.07 bits per heavy atom. The highest BCUT2D eigenvalue weighted by Crippen LogP contribution is 2.27. The molecular weight excluding hydrogens is 368 g/mol. The fourth-order valence-electron chi connectivity index (χ4n) is 4.78. The molecule has 0 spiro atoms. The topological polar surface area (TPSA) is 81.8 Å². The Morgan fingerprint density at radius 2 is 1.83 bits per heavy atom. The predicted octanol–water partition coefficient (Wildman–Crippen LogP) is 1.56. The van der Waals surface area contributed by atoms with Crippen molar-refractivity contribution in [1.29, 1.82) is 0 Å². The van der Waals surface area contributed by atoms with E-state index in [9.17, 15) is 14.4 Å². The Hall–Kier alpha value is -2.41. The molecule has 1 saturated carbocycles. The third-order valence-corrected chi connectivity index (χ3v) is 6.36. The largest absolute Gasteiger partial charge is 0.353 e. The summed E-state index contributed by atoms with van der Waals surface area (Å²) >= 11 is 0. The highest BCUT2D eigenvalue weighted by atomic mass is 16.2. The average molecular weight is 399 g/mol. The van der Waals surface area contributed by atoms with Crippen LogP contribution in [-0.4, -0.2) is 54.3 Å². The minimum absolute atomic E-state index is 0.0297. The number of nitrogens with one attached hydrogen (secondary N) is 2. The van der Waals surface area contributed by atoms with Crippen LogP contribution in [0.1, 0.15) is 50.5 Å². The molecule has 3 aliphatic rings. The number of nitrogens with zero attached hydrogens (tertiary/aromatic N) is 2. The van der Waals surface area contributed by atoms with Crippen LogP contribution in [0.5, 0.6) is 0 Å². The predicted molar refractivity (Wildman–Crippen MR) is 110 cm³/mol. The number of carbonyl (C=O) groups is 3. The molecule has 7 nitrogen and oxygen atoms in total.